The lowest BCUT2D eigenvalue weighted by Crippen LogP contribution is -2.10. The fourth-order valence-corrected chi connectivity index (χ4v) is 8.14. The molecule has 1 aromatic heterocycles. The quantitative estimate of drug-likeness (QED) is 0.152. The first-order valence-electron chi connectivity index (χ1n) is 19.2. The lowest BCUT2D eigenvalue weighted by Gasteiger charge is -2.27. The Morgan fingerprint density at radius 1 is 0.286 bits per heavy atom. The van der Waals surface area contributed by atoms with Gasteiger partial charge in [-0.15, -0.1) is 0 Å². The molecule has 264 valence electrons. The van der Waals surface area contributed by atoms with Crippen molar-refractivity contribution in [2.75, 3.05) is 4.90 Å². The molecule has 0 saturated carbocycles. The van der Waals surface area contributed by atoms with Crippen molar-refractivity contribution < 1.29 is 0 Å². The molecule has 0 saturated heterocycles. The van der Waals surface area contributed by atoms with Crippen LogP contribution in [0.15, 0.2) is 231 Å². The molecule has 0 radical (unpaired) electrons. The maximum Gasteiger partial charge on any atom is 0.0547 e. The van der Waals surface area contributed by atoms with Crippen LogP contribution >= 0.6 is 0 Å². The molecule has 0 N–H and O–H groups in total. The number of hydrogen-bond acceptors (Lipinski definition) is 1. The second kappa shape index (κ2) is 14.4. The van der Waals surface area contributed by atoms with Gasteiger partial charge in [0.05, 0.1) is 11.0 Å². The molecule has 10 rings (SSSR count). The fraction of sp³-hybridized carbons (Fsp3) is 0. The third kappa shape index (κ3) is 6.14. The van der Waals surface area contributed by atoms with E-state index in [1.807, 2.05) is 0 Å². The van der Waals surface area contributed by atoms with Crippen molar-refractivity contribution in [2.24, 2.45) is 0 Å². The van der Waals surface area contributed by atoms with Crippen molar-refractivity contribution in [1.82, 2.24) is 4.57 Å². The second-order valence-corrected chi connectivity index (χ2v) is 14.2. The Morgan fingerprint density at radius 2 is 0.750 bits per heavy atom. The number of nitrogens with zero attached hydrogens (tertiary/aromatic N) is 2. The summed E-state index contributed by atoms with van der Waals surface area (Å²) in [5.74, 6) is 0. The van der Waals surface area contributed by atoms with Crippen molar-refractivity contribution in [3.63, 3.8) is 0 Å². The third-order valence-electron chi connectivity index (χ3n) is 10.8. The summed E-state index contributed by atoms with van der Waals surface area (Å²) in [6.07, 6.45) is 0. The summed E-state index contributed by atoms with van der Waals surface area (Å²) in [7, 11) is 0. The molecular weight excluding hydrogens is 677 g/mol. The third-order valence-corrected chi connectivity index (χ3v) is 10.8. The summed E-state index contributed by atoms with van der Waals surface area (Å²) in [6, 6.07) is 83.0. The molecule has 0 bridgehead atoms. The monoisotopic (exact) mass is 714 g/mol. The molecule has 0 amide bonds. The van der Waals surface area contributed by atoms with Crippen LogP contribution in [0.5, 0.6) is 0 Å². The largest absolute Gasteiger partial charge is 0.310 e. The van der Waals surface area contributed by atoms with Gasteiger partial charge in [-0.05, 0) is 111 Å². The van der Waals surface area contributed by atoms with Crippen LogP contribution in [0, 0.1) is 0 Å². The van der Waals surface area contributed by atoms with Crippen molar-refractivity contribution in [3.05, 3.63) is 231 Å². The number of para-hydroxylation sites is 2. The Labute approximate surface area is 327 Å². The SMILES string of the molecule is c1ccc(-c2cccc(N(c3ccc(-c4cccc(-c5cccc6c5c5ccccc5n6-c5ccccc5)c4)cc3)c3cccc(-c4ccccc4)c3)c2)cc1. The molecule has 0 aliphatic rings. The van der Waals surface area contributed by atoms with Crippen LogP contribution in [-0.4, -0.2) is 4.57 Å². The van der Waals surface area contributed by atoms with E-state index in [0.717, 1.165) is 22.7 Å². The van der Waals surface area contributed by atoms with Gasteiger partial charge in [0.1, 0.15) is 0 Å². The highest BCUT2D eigenvalue weighted by atomic mass is 15.1. The average molecular weight is 715 g/mol. The summed E-state index contributed by atoms with van der Waals surface area (Å²) in [5.41, 5.74) is 16.4. The summed E-state index contributed by atoms with van der Waals surface area (Å²) in [6.45, 7) is 0. The average Bonchev–Trinajstić information content (AvgIpc) is 3.63. The summed E-state index contributed by atoms with van der Waals surface area (Å²) in [5, 5.41) is 2.52. The molecule has 0 unspecified atom stereocenters. The van der Waals surface area contributed by atoms with Crippen LogP contribution in [0.1, 0.15) is 0 Å². The molecule has 10 aromatic rings. The van der Waals surface area contributed by atoms with Crippen LogP contribution in [-0.2, 0) is 0 Å². The number of rotatable bonds is 8. The van der Waals surface area contributed by atoms with E-state index in [2.05, 4.69) is 240 Å². The topological polar surface area (TPSA) is 8.17 Å². The van der Waals surface area contributed by atoms with E-state index >= 15 is 0 Å². The summed E-state index contributed by atoms with van der Waals surface area (Å²) >= 11 is 0. The van der Waals surface area contributed by atoms with E-state index in [0.29, 0.717) is 0 Å². The molecule has 0 aliphatic heterocycles. The van der Waals surface area contributed by atoms with Crippen LogP contribution in [0.2, 0.25) is 0 Å². The van der Waals surface area contributed by atoms with Gasteiger partial charge in [-0.1, -0.05) is 164 Å². The molecule has 1 heterocycles. The minimum Gasteiger partial charge on any atom is -0.310 e. The van der Waals surface area contributed by atoms with Gasteiger partial charge in [0, 0.05) is 33.5 Å². The molecule has 56 heavy (non-hydrogen) atoms. The zero-order valence-corrected chi connectivity index (χ0v) is 30.8. The molecule has 0 atom stereocenters. The molecule has 9 aromatic carbocycles. The molecular formula is C54H38N2. The first kappa shape index (κ1) is 33.2. The van der Waals surface area contributed by atoms with E-state index in [1.54, 1.807) is 0 Å². The second-order valence-electron chi connectivity index (χ2n) is 14.2. The summed E-state index contributed by atoms with van der Waals surface area (Å²) < 4.78 is 2.38. The lowest BCUT2D eigenvalue weighted by molar-refractivity contribution is 1.18. The van der Waals surface area contributed by atoms with Crippen LogP contribution < -0.4 is 4.90 Å². The number of fused-ring (bicyclic) bond motifs is 3. The van der Waals surface area contributed by atoms with E-state index in [4.69, 9.17) is 0 Å². The number of aromatic nitrogens is 1. The highest BCUT2D eigenvalue weighted by molar-refractivity contribution is 6.15. The molecule has 0 spiro atoms. The van der Waals surface area contributed by atoms with Crippen LogP contribution in [0.3, 0.4) is 0 Å². The van der Waals surface area contributed by atoms with E-state index < -0.39 is 0 Å². The maximum atomic E-state index is 2.38. The highest BCUT2D eigenvalue weighted by Crippen LogP contribution is 2.41. The van der Waals surface area contributed by atoms with Crippen LogP contribution in [0.25, 0.3) is 72.0 Å². The zero-order valence-electron chi connectivity index (χ0n) is 30.8. The predicted octanol–water partition coefficient (Wildman–Crippen LogP) is 14.9. The first-order valence-corrected chi connectivity index (χ1v) is 19.2. The highest BCUT2D eigenvalue weighted by Gasteiger charge is 2.18. The predicted molar refractivity (Wildman–Crippen MR) is 237 cm³/mol. The Bertz CT molecular complexity index is 2860. The van der Waals surface area contributed by atoms with Crippen LogP contribution in [0.4, 0.5) is 17.1 Å². The normalized spacial score (nSPS) is 11.2. The van der Waals surface area contributed by atoms with E-state index in [-0.39, 0.29) is 0 Å². The van der Waals surface area contributed by atoms with Gasteiger partial charge in [0.25, 0.3) is 0 Å². The Morgan fingerprint density at radius 3 is 1.39 bits per heavy atom. The van der Waals surface area contributed by atoms with Gasteiger partial charge in [0.2, 0.25) is 0 Å². The summed E-state index contributed by atoms with van der Waals surface area (Å²) in [4.78, 5) is 2.36. The minimum atomic E-state index is 1.10. The van der Waals surface area contributed by atoms with Gasteiger partial charge in [0.15, 0.2) is 0 Å². The van der Waals surface area contributed by atoms with Gasteiger partial charge < -0.3 is 9.47 Å². The first-order chi connectivity index (χ1) is 27.8. The lowest BCUT2D eigenvalue weighted by atomic mass is 9.95. The standard InChI is InChI=1S/C54H38N2/c1-4-16-39(17-5-1)43-21-13-26-48(37-43)55(49-27-14-22-44(38-49)40-18-6-2-7-19-40)47-34-32-41(33-35-47)42-20-12-23-45(36-42)50-29-15-31-53-54(50)51-28-10-11-30-52(51)56(53)46-24-8-3-9-25-46/h1-38H. The smallest absolute Gasteiger partial charge is 0.0547 e. The Balaban J connectivity index is 1.05. The van der Waals surface area contributed by atoms with Crippen molar-refractivity contribution in [3.8, 4) is 50.2 Å². The van der Waals surface area contributed by atoms with Gasteiger partial charge >= 0.3 is 0 Å². The Kier molecular flexibility index (Phi) is 8.55. The van der Waals surface area contributed by atoms with E-state index in [1.165, 1.54) is 66.3 Å². The van der Waals surface area contributed by atoms with Crippen molar-refractivity contribution in [1.29, 1.82) is 0 Å². The van der Waals surface area contributed by atoms with Crippen molar-refractivity contribution >= 4 is 38.9 Å². The van der Waals surface area contributed by atoms with Gasteiger partial charge in [-0.2, -0.15) is 0 Å². The number of anilines is 3. The molecule has 2 heteroatoms. The maximum absolute atomic E-state index is 2.38. The fourth-order valence-electron chi connectivity index (χ4n) is 8.14. The zero-order chi connectivity index (χ0) is 37.3. The number of benzene rings is 9. The minimum absolute atomic E-state index is 1.10. The molecule has 0 fully saturated rings. The molecule has 0 aliphatic carbocycles. The van der Waals surface area contributed by atoms with E-state index in [9.17, 15) is 0 Å². The molecule has 2 nitrogen and oxygen atoms in total. The van der Waals surface area contributed by atoms with Crippen molar-refractivity contribution in [2.45, 2.75) is 0 Å². The Hall–Kier alpha value is -7.42. The van der Waals surface area contributed by atoms with Gasteiger partial charge in [-0.3, -0.25) is 0 Å². The van der Waals surface area contributed by atoms with Gasteiger partial charge in [-0.25, -0.2) is 0 Å². The number of hydrogen-bond donors (Lipinski definition) is 0.